The number of nitrogens with one attached hydrogen (secondary N) is 2. The van der Waals surface area contributed by atoms with Gasteiger partial charge in [0, 0.05) is 50.2 Å². The van der Waals surface area contributed by atoms with Gasteiger partial charge >= 0.3 is 0 Å². The lowest BCUT2D eigenvalue weighted by Gasteiger charge is -2.35. The molecule has 1 aromatic carbocycles. The molecule has 0 atom stereocenters. The van der Waals surface area contributed by atoms with Gasteiger partial charge in [-0.25, -0.2) is 9.50 Å². The predicted octanol–water partition coefficient (Wildman–Crippen LogP) is 3.42. The van der Waals surface area contributed by atoms with Crippen LogP contribution in [0.25, 0.3) is 16.8 Å². The first-order chi connectivity index (χ1) is 17.6. The maximum atomic E-state index is 12.2. The molecule has 3 aromatic heterocycles. The summed E-state index contributed by atoms with van der Waals surface area (Å²) in [5, 5.41) is 10.9. The monoisotopic (exact) mass is 484 g/mol. The second-order valence-electron chi connectivity index (χ2n) is 8.56. The fraction of sp³-hybridized carbons (Fsp3) is 0.231. The second kappa shape index (κ2) is 10.0. The number of anilines is 4. The predicted molar refractivity (Wildman–Crippen MR) is 141 cm³/mol. The molecule has 1 amide bonds. The van der Waals surface area contributed by atoms with E-state index >= 15 is 0 Å². The molecule has 5 rings (SSSR count). The Bertz CT molecular complexity index is 1390. The average molecular weight is 485 g/mol. The van der Waals surface area contributed by atoms with Crippen molar-refractivity contribution in [1.82, 2.24) is 24.5 Å². The fourth-order valence-electron chi connectivity index (χ4n) is 4.24. The van der Waals surface area contributed by atoms with Crippen molar-refractivity contribution >= 4 is 34.4 Å². The van der Waals surface area contributed by atoms with Gasteiger partial charge in [0.05, 0.1) is 41.6 Å². The molecule has 4 heterocycles. The summed E-state index contributed by atoms with van der Waals surface area (Å²) in [6.45, 7) is 7.14. The number of amides is 1. The number of fused-ring (bicyclic) bond motifs is 1. The molecule has 0 saturated carbocycles. The van der Waals surface area contributed by atoms with E-state index in [-0.39, 0.29) is 5.91 Å². The van der Waals surface area contributed by atoms with Gasteiger partial charge in [-0.2, -0.15) is 0 Å². The van der Waals surface area contributed by atoms with Crippen molar-refractivity contribution in [3.8, 4) is 17.0 Å². The van der Waals surface area contributed by atoms with Crippen molar-refractivity contribution in [3.05, 3.63) is 67.6 Å². The van der Waals surface area contributed by atoms with E-state index in [2.05, 4.69) is 44.0 Å². The minimum absolute atomic E-state index is 0.285. The molecule has 0 aliphatic carbocycles. The highest BCUT2D eigenvalue weighted by atomic mass is 16.5. The molecule has 10 heteroatoms. The van der Waals surface area contributed by atoms with Crippen LogP contribution in [0.15, 0.2) is 67.6 Å². The number of rotatable bonds is 7. The quantitative estimate of drug-likeness (QED) is 0.385. The summed E-state index contributed by atoms with van der Waals surface area (Å²) in [7, 11) is 3.72. The summed E-state index contributed by atoms with van der Waals surface area (Å²) in [6, 6.07) is 11.6. The summed E-state index contributed by atoms with van der Waals surface area (Å²) in [6.07, 6.45) is 6.54. The van der Waals surface area contributed by atoms with Crippen LogP contribution >= 0.6 is 0 Å². The number of piperazine rings is 1. The summed E-state index contributed by atoms with van der Waals surface area (Å²) in [5.74, 6) is 0.715. The van der Waals surface area contributed by atoms with E-state index in [0.29, 0.717) is 23.1 Å². The zero-order chi connectivity index (χ0) is 25.1. The standard InChI is InChI=1S/C26H28N8O2/c1-4-25(35)29-20-14-21(24(36-3)15-23(20)33-12-10-32(2)11-13-33)30-26-28-17-19-7-8-22(34(19)31-26)18-6-5-9-27-16-18/h4-9,14-17H,1,10-13H2,2-3H3,(H,29,35)(H,30,31). The Hall–Kier alpha value is -4.44. The molecule has 0 bridgehead atoms. The van der Waals surface area contributed by atoms with Gasteiger partial charge in [0.25, 0.3) is 0 Å². The largest absolute Gasteiger partial charge is 0.494 e. The van der Waals surface area contributed by atoms with Crippen LogP contribution in [0, 0.1) is 0 Å². The van der Waals surface area contributed by atoms with Crippen molar-refractivity contribution in [2.24, 2.45) is 0 Å². The van der Waals surface area contributed by atoms with E-state index in [1.807, 2.05) is 40.9 Å². The number of aromatic nitrogens is 4. The Morgan fingerprint density at radius 3 is 2.67 bits per heavy atom. The molecule has 1 fully saturated rings. The van der Waals surface area contributed by atoms with Crippen LogP contribution in [0.4, 0.5) is 23.0 Å². The van der Waals surface area contributed by atoms with Crippen LogP contribution in [0.3, 0.4) is 0 Å². The molecular weight excluding hydrogens is 456 g/mol. The maximum Gasteiger partial charge on any atom is 0.247 e. The molecule has 184 valence electrons. The lowest BCUT2D eigenvalue weighted by molar-refractivity contribution is -0.111. The molecule has 4 aromatic rings. The average Bonchev–Trinajstić information content (AvgIpc) is 3.33. The third-order valence-corrected chi connectivity index (χ3v) is 6.21. The van der Waals surface area contributed by atoms with E-state index in [1.54, 1.807) is 25.7 Å². The number of carbonyl (C=O) groups excluding carboxylic acids is 1. The van der Waals surface area contributed by atoms with E-state index in [9.17, 15) is 4.79 Å². The minimum atomic E-state index is -0.285. The maximum absolute atomic E-state index is 12.2. The first-order valence-corrected chi connectivity index (χ1v) is 11.7. The third kappa shape index (κ3) is 4.71. The molecular formula is C26H28N8O2. The molecule has 0 spiro atoms. The van der Waals surface area contributed by atoms with Crippen LogP contribution < -0.4 is 20.3 Å². The summed E-state index contributed by atoms with van der Waals surface area (Å²) >= 11 is 0. The van der Waals surface area contributed by atoms with Gasteiger partial charge in [0.2, 0.25) is 11.9 Å². The summed E-state index contributed by atoms with van der Waals surface area (Å²) in [4.78, 5) is 25.5. The van der Waals surface area contributed by atoms with Crippen LogP contribution in [-0.4, -0.2) is 70.7 Å². The van der Waals surface area contributed by atoms with E-state index in [0.717, 1.165) is 48.6 Å². The van der Waals surface area contributed by atoms with Crippen LogP contribution in [-0.2, 0) is 4.79 Å². The first kappa shape index (κ1) is 23.3. The smallest absolute Gasteiger partial charge is 0.247 e. The molecule has 2 N–H and O–H groups in total. The third-order valence-electron chi connectivity index (χ3n) is 6.21. The Kier molecular flexibility index (Phi) is 6.50. The Labute approximate surface area is 209 Å². The molecule has 0 radical (unpaired) electrons. The summed E-state index contributed by atoms with van der Waals surface area (Å²) in [5.41, 5.74) is 4.89. The first-order valence-electron chi connectivity index (χ1n) is 11.7. The second-order valence-corrected chi connectivity index (χ2v) is 8.56. The molecule has 1 aliphatic heterocycles. The highest BCUT2D eigenvalue weighted by Gasteiger charge is 2.21. The molecule has 0 unspecified atom stereocenters. The number of benzene rings is 1. The van der Waals surface area contributed by atoms with E-state index in [1.165, 1.54) is 6.08 Å². The van der Waals surface area contributed by atoms with Crippen molar-refractivity contribution in [1.29, 1.82) is 0 Å². The van der Waals surface area contributed by atoms with Crippen LogP contribution in [0.2, 0.25) is 0 Å². The van der Waals surface area contributed by atoms with Crippen molar-refractivity contribution in [2.75, 3.05) is 55.9 Å². The van der Waals surface area contributed by atoms with Crippen LogP contribution in [0.5, 0.6) is 5.75 Å². The minimum Gasteiger partial charge on any atom is -0.494 e. The van der Waals surface area contributed by atoms with Crippen LogP contribution in [0.1, 0.15) is 0 Å². The normalized spacial score (nSPS) is 14.0. The van der Waals surface area contributed by atoms with Gasteiger partial charge in [-0.15, -0.1) is 5.10 Å². The summed E-state index contributed by atoms with van der Waals surface area (Å²) < 4.78 is 7.54. The zero-order valence-electron chi connectivity index (χ0n) is 20.3. The number of likely N-dealkylation sites (N-methyl/N-ethyl adjacent to an activating group) is 1. The number of methoxy groups -OCH3 is 1. The lowest BCUT2D eigenvalue weighted by atomic mass is 10.1. The Morgan fingerprint density at radius 2 is 1.94 bits per heavy atom. The zero-order valence-corrected chi connectivity index (χ0v) is 20.3. The van der Waals surface area contributed by atoms with Gasteiger partial charge in [0.15, 0.2) is 0 Å². The van der Waals surface area contributed by atoms with Gasteiger partial charge in [-0.3, -0.25) is 9.78 Å². The number of hydrogen-bond donors (Lipinski definition) is 2. The van der Waals surface area contributed by atoms with E-state index in [4.69, 9.17) is 9.84 Å². The lowest BCUT2D eigenvalue weighted by Crippen LogP contribution is -2.44. The Balaban J connectivity index is 1.52. The highest BCUT2D eigenvalue weighted by molar-refractivity contribution is 6.02. The van der Waals surface area contributed by atoms with Gasteiger partial charge in [-0.05, 0) is 43.5 Å². The number of carbonyl (C=O) groups is 1. The van der Waals surface area contributed by atoms with Crippen molar-refractivity contribution in [2.45, 2.75) is 0 Å². The number of nitrogens with zero attached hydrogens (tertiary/aromatic N) is 6. The Morgan fingerprint density at radius 1 is 1.11 bits per heavy atom. The van der Waals surface area contributed by atoms with Gasteiger partial charge in [-0.1, -0.05) is 6.58 Å². The number of pyridine rings is 1. The highest BCUT2D eigenvalue weighted by Crippen LogP contribution is 2.38. The van der Waals surface area contributed by atoms with Gasteiger partial charge in [0.1, 0.15) is 5.75 Å². The SMILES string of the molecule is C=CC(=O)Nc1cc(Nc2ncc3ccc(-c4cccnc4)n3n2)c(OC)cc1N1CCN(C)CC1. The fourth-order valence-corrected chi connectivity index (χ4v) is 4.24. The van der Waals surface area contributed by atoms with Gasteiger partial charge < -0.3 is 25.2 Å². The van der Waals surface area contributed by atoms with Crippen molar-refractivity contribution in [3.63, 3.8) is 0 Å². The topological polar surface area (TPSA) is 99.9 Å². The molecule has 10 nitrogen and oxygen atoms in total. The number of hydrogen-bond acceptors (Lipinski definition) is 8. The van der Waals surface area contributed by atoms with E-state index < -0.39 is 0 Å². The molecule has 1 aliphatic rings. The molecule has 36 heavy (non-hydrogen) atoms. The van der Waals surface area contributed by atoms with Crippen molar-refractivity contribution < 1.29 is 9.53 Å². The number of ether oxygens (including phenoxy) is 1. The molecule has 1 saturated heterocycles.